The highest BCUT2D eigenvalue weighted by Crippen LogP contribution is 2.34. The number of aliphatic hydroxyl groups is 1. The summed E-state index contributed by atoms with van der Waals surface area (Å²) in [7, 11) is 0. The van der Waals surface area contributed by atoms with Crippen molar-refractivity contribution in [2.75, 3.05) is 19.8 Å². The molecule has 2 nitrogen and oxygen atoms in total. The topological polar surface area (TPSA) is 29.5 Å². The van der Waals surface area contributed by atoms with E-state index in [1.165, 1.54) is 11.1 Å². The van der Waals surface area contributed by atoms with Gasteiger partial charge in [0.2, 0.25) is 0 Å². The van der Waals surface area contributed by atoms with Gasteiger partial charge >= 0.3 is 0 Å². The zero-order chi connectivity index (χ0) is 10.7. The van der Waals surface area contributed by atoms with Crippen LogP contribution >= 0.6 is 0 Å². The van der Waals surface area contributed by atoms with Crippen LogP contribution in [0.4, 0.5) is 0 Å². The molecule has 1 aliphatic rings. The summed E-state index contributed by atoms with van der Waals surface area (Å²) in [5, 5.41) is 9.63. The van der Waals surface area contributed by atoms with Gasteiger partial charge in [-0.15, -0.1) is 0 Å². The van der Waals surface area contributed by atoms with Crippen LogP contribution in [-0.2, 0) is 10.2 Å². The second-order valence-corrected chi connectivity index (χ2v) is 4.42. The van der Waals surface area contributed by atoms with Gasteiger partial charge in [0.25, 0.3) is 0 Å². The monoisotopic (exact) mass is 206 g/mol. The van der Waals surface area contributed by atoms with Gasteiger partial charge < -0.3 is 9.84 Å². The van der Waals surface area contributed by atoms with Crippen molar-refractivity contribution < 1.29 is 9.84 Å². The average molecular weight is 206 g/mol. The molecular weight excluding hydrogens is 188 g/mol. The third-order valence-corrected chi connectivity index (χ3v) is 3.38. The summed E-state index contributed by atoms with van der Waals surface area (Å²) >= 11 is 0. The second kappa shape index (κ2) is 4.33. The molecule has 0 radical (unpaired) electrons. The van der Waals surface area contributed by atoms with E-state index in [0.717, 1.165) is 26.1 Å². The number of benzene rings is 1. The van der Waals surface area contributed by atoms with Gasteiger partial charge in [-0.3, -0.25) is 0 Å². The molecule has 0 amide bonds. The third-order valence-electron chi connectivity index (χ3n) is 3.38. The van der Waals surface area contributed by atoms with Gasteiger partial charge in [0.1, 0.15) is 0 Å². The summed E-state index contributed by atoms with van der Waals surface area (Å²) in [5.74, 6) is 0. The first-order valence-corrected chi connectivity index (χ1v) is 5.53. The van der Waals surface area contributed by atoms with E-state index >= 15 is 0 Å². The molecule has 1 aliphatic heterocycles. The van der Waals surface area contributed by atoms with E-state index in [-0.39, 0.29) is 12.0 Å². The smallest absolute Gasteiger partial charge is 0.0529 e. The molecule has 1 saturated heterocycles. The fraction of sp³-hybridized carbons (Fsp3) is 0.538. The molecule has 0 unspecified atom stereocenters. The highest BCUT2D eigenvalue weighted by molar-refractivity contribution is 5.30. The Morgan fingerprint density at radius 1 is 1.33 bits per heavy atom. The molecule has 1 fully saturated rings. The standard InChI is InChI=1S/C13H18O2/c1-11-3-2-4-12(9-11)13(10-14)5-7-15-8-6-13/h2-4,9,14H,5-8,10H2,1H3. The Hall–Kier alpha value is -0.860. The summed E-state index contributed by atoms with van der Waals surface area (Å²) in [6.07, 6.45) is 1.85. The molecule has 82 valence electrons. The lowest BCUT2D eigenvalue weighted by Crippen LogP contribution is -2.37. The van der Waals surface area contributed by atoms with Crippen LogP contribution < -0.4 is 0 Å². The van der Waals surface area contributed by atoms with Gasteiger partial charge in [-0.1, -0.05) is 29.8 Å². The zero-order valence-electron chi connectivity index (χ0n) is 9.20. The van der Waals surface area contributed by atoms with Crippen LogP contribution in [0.1, 0.15) is 24.0 Å². The number of aryl methyl sites for hydroxylation is 1. The van der Waals surface area contributed by atoms with Crippen molar-refractivity contribution in [2.45, 2.75) is 25.2 Å². The van der Waals surface area contributed by atoms with Crippen molar-refractivity contribution in [2.24, 2.45) is 0 Å². The normalized spacial score (nSPS) is 20.1. The van der Waals surface area contributed by atoms with Crippen LogP contribution in [0.25, 0.3) is 0 Å². The van der Waals surface area contributed by atoms with Crippen LogP contribution in [0.3, 0.4) is 0 Å². The lowest BCUT2D eigenvalue weighted by Gasteiger charge is -2.36. The number of rotatable bonds is 2. The molecule has 0 bridgehead atoms. The van der Waals surface area contributed by atoms with E-state index in [1.54, 1.807) is 0 Å². The Bertz CT molecular complexity index is 327. The molecule has 2 heteroatoms. The van der Waals surface area contributed by atoms with Crippen molar-refractivity contribution in [1.29, 1.82) is 0 Å². The largest absolute Gasteiger partial charge is 0.395 e. The highest BCUT2D eigenvalue weighted by Gasteiger charge is 2.33. The lowest BCUT2D eigenvalue weighted by molar-refractivity contribution is 0.0253. The number of aliphatic hydroxyl groups excluding tert-OH is 1. The SMILES string of the molecule is Cc1cccc(C2(CO)CCOCC2)c1. The van der Waals surface area contributed by atoms with Crippen LogP contribution in [0, 0.1) is 6.92 Å². The first-order valence-electron chi connectivity index (χ1n) is 5.53. The van der Waals surface area contributed by atoms with Crippen molar-refractivity contribution in [3.8, 4) is 0 Å². The summed E-state index contributed by atoms with van der Waals surface area (Å²) in [4.78, 5) is 0. The molecule has 0 aliphatic carbocycles. The molecule has 1 N–H and O–H groups in total. The fourth-order valence-electron chi connectivity index (χ4n) is 2.28. The lowest BCUT2D eigenvalue weighted by atomic mass is 9.74. The maximum absolute atomic E-state index is 9.63. The fourth-order valence-corrected chi connectivity index (χ4v) is 2.28. The summed E-state index contributed by atoms with van der Waals surface area (Å²) < 4.78 is 5.37. The molecule has 1 aromatic carbocycles. The van der Waals surface area contributed by atoms with Gasteiger partial charge in [0.05, 0.1) is 6.61 Å². The average Bonchev–Trinajstić information content (AvgIpc) is 2.30. The minimum Gasteiger partial charge on any atom is -0.395 e. The van der Waals surface area contributed by atoms with Gasteiger partial charge in [-0.05, 0) is 25.3 Å². The Kier molecular flexibility index (Phi) is 3.08. The first kappa shape index (κ1) is 10.7. The van der Waals surface area contributed by atoms with Gasteiger partial charge in [0, 0.05) is 18.6 Å². The van der Waals surface area contributed by atoms with Crippen LogP contribution in [0.2, 0.25) is 0 Å². The molecule has 0 spiro atoms. The predicted molar refractivity (Wildman–Crippen MR) is 60.0 cm³/mol. The molecule has 15 heavy (non-hydrogen) atoms. The van der Waals surface area contributed by atoms with E-state index in [0.29, 0.717) is 0 Å². The quantitative estimate of drug-likeness (QED) is 0.802. The van der Waals surface area contributed by atoms with E-state index in [2.05, 4.69) is 31.2 Å². The van der Waals surface area contributed by atoms with Crippen molar-refractivity contribution >= 4 is 0 Å². The molecule has 0 aromatic heterocycles. The highest BCUT2D eigenvalue weighted by atomic mass is 16.5. The molecule has 0 saturated carbocycles. The number of hydrogen-bond donors (Lipinski definition) is 1. The van der Waals surface area contributed by atoms with Gasteiger partial charge in [0.15, 0.2) is 0 Å². The van der Waals surface area contributed by atoms with E-state index in [4.69, 9.17) is 4.74 Å². The Balaban J connectivity index is 2.32. The van der Waals surface area contributed by atoms with Crippen molar-refractivity contribution in [1.82, 2.24) is 0 Å². The van der Waals surface area contributed by atoms with E-state index in [1.807, 2.05) is 0 Å². The first-order chi connectivity index (χ1) is 7.27. The van der Waals surface area contributed by atoms with E-state index < -0.39 is 0 Å². The maximum atomic E-state index is 9.63. The van der Waals surface area contributed by atoms with Crippen LogP contribution in [-0.4, -0.2) is 24.9 Å². The Labute approximate surface area is 90.9 Å². The molecule has 1 heterocycles. The molecular formula is C13H18O2. The zero-order valence-corrected chi connectivity index (χ0v) is 9.20. The predicted octanol–water partition coefficient (Wildman–Crippen LogP) is 2.04. The number of hydrogen-bond acceptors (Lipinski definition) is 2. The summed E-state index contributed by atoms with van der Waals surface area (Å²) in [6, 6.07) is 8.46. The molecule has 2 rings (SSSR count). The van der Waals surface area contributed by atoms with Crippen LogP contribution in [0.5, 0.6) is 0 Å². The van der Waals surface area contributed by atoms with Gasteiger partial charge in [-0.25, -0.2) is 0 Å². The minimum absolute atomic E-state index is 0.0652. The van der Waals surface area contributed by atoms with Crippen molar-refractivity contribution in [3.05, 3.63) is 35.4 Å². The second-order valence-electron chi connectivity index (χ2n) is 4.42. The summed E-state index contributed by atoms with van der Waals surface area (Å²) in [5.41, 5.74) is 2.45. The molecule has 1 aromatic rings. The third kappa shape index (κ3) is 2.06. The Morgan fingerprint density at radius 2 is 2.07 bits per heavy atom. The summed E-state index contributed by atoms with van der Waals surface area (Å²) in [6.45, 7) is 3.83. The number of ether oxygens (including phenoxy) is 1. The van der Waals surface area contributed by atoms with Gasteiger partial charge in [-0.2, -0.15) is 0 Å². The maximum Gasteiger partial charge on any atom is 0.0529 e. The van der Waals surface area contributed by atoms with Crippen LogP contribution in [0.15, 0.2) is 24.3 Å². The Morgan fingerprint density at radius 3 is 2.67 bits per heavy atom. The van der Waals surface area contributed by atoms with Crippen molar-refractivity contribution in [3.63, 3.8) is 0 Å². The van der Waals surface area contributed by atoms with E-state index in [9.17, 15) is 5.11 Å². The minimum atomic E-state index is -0.0652. The molecule has 0 atom stereocenters.